The topological polar surface area (TPSA) is 111 Å². The van der Waals surface area contributed by atoms with Crippen molar-refractivity contribution in [2.45, 2.75) is 44.1 Å². The molecule has 1 aliphatic carbocycles. The maximum absolute atomic E-state index is 12.7. The molecule has 2 aliphatic rings. The number of urea groups is 1. The number of imide groups is 1. The van der Waals surface area contributed by atoms with Gasteiger partial charge >= 0.3 is 6.03 Å². The first-order chi connectivity index (χ1) is 14.3. The largest absolute Gasteiger partial charge is 0.344 e. The number of para-hydroxylation sites is 1. The second-order valence-corrected chi connectivity index (χ2v) is 8.62. The Hall–Kier alpha value is -2.46. The first-order valence-electron chi connectivity index (χ1n) is 10.00. The van der Waals surface area contributed by atoms with Crippen LogP contribution >= 0.6 is 15.9 Å². The van der Waals surface area contributed by atoms with E-state index in [-0.39, 0.29) is 24.8 Å². The number of hydrogen-bond acceptors (Lipinski definition) is 5. The number of amides is 5. The van der Waals surface area contributed by atoms with Gasteiger partial charge in [0.25, 0.3) is 5.91 Å². The Labute approximate surface area is 183 Å². The van der Waals surface area contributed by atoms with E-state index in [1.807, 2.05) is 18.2 Å². The van der Waals surface area contributed by atoms with Gasteiger partial charge in [0.05, 0.1) is 12.2 Å². The SMILES string of the molecule is CN(CCC(=O)NN1C(=O)NC2(CCCCC2)C1=O)CC(=O)Nc1ccccc1Br. The van der Waals surface area contributed by atoms with E-state index in [9.17, 15) is 19.2 Å². The highest BCUT2D eigenvalue weighted by Crippen LogP contribution is 2.33. The average molecular weight is 480 g/mol. The van der Waals surface area contributed by atoms with E-state index in [1.54, 1.807) is 18.0 Å². The highest BCUT2D eigenvalue weighted by Gasteiger charge is 2.52. The summed E-state index contributed by atoms with van der Waals surface area (Å²) in [7, 11) is 1.72. The van der Waals surface area contributed by atoms with E-state index >= 15 is 0 Å². The lowest BCUT2D eigenvalue weighted by atomic mass is 9.82. The summed E-state index contributed by atoms with van der Waals surface area (Å²) < 4.78 is 0.782. The van der Waals surface area contributed by atoms with Gasteiger partial charge in [-0.1, -0.05) is 31.4 Å². The van der Waals surface area contributed by atoms with Gasteiger partial charge < -0.3 is 10.6 Å². The first kappa shape index (κ1) is 22.2. The third-order valence-corrected chi connectivity index (χ3v) is 6.08. The van der Waals surface area contributed by atoms with E-state index < -0.39 is 17.5 Å². The quantitative estimate of drug-likeness (QED) is 0.517. The van der Waals surface area contributed by atoms with Crippen LogP contribution in [0.5, 0.6) is 0 Å². The van der Waals surface area contributed by atoms with Gasteiger partial charge in [-0.05, 0) is 48.0 Å². The summed E-state index contributed by atoms with van der Waals surface area (Å²) in [6.07, 6.45) is 4.03. The lowest BCUT2D eigenvalue weighted by molar-refractivity contribution is -0.140. The predicted molar refractivity (Wildman–Crippen MR) is 114 cm³/mol. The molecule has 0 unspecified atom stereocenters. The Morgan fingerprint density at radius 3 is 2.57 bits per heavy atom. The van der Waals surface area contributed by atoms with Gasteiger partial charge in [0, 0.05) is 17.4 Å². The Morgan fingerprint density at radius 1 is 1.17 bits per heavy atom. The fourth-order valence-electron chi connectivity index (χ4n) is 3.77. The standard InChI is InChI=1S/C20H26BrN5O4/c1-25(13-17(28)22-15-8-4-3-7-14(15)21)12-9-16(27)24-26-18(29)20(23-19(26)30)10-5-2-6-11-20/h3-4,7-8H,2,5-6,9-13H2,1H3,(H,22,28)(H,23,30)(H,24,27). The Balaban J connectivity index is 1.44. The summed E-state index contributed by atoms with van der Waals surface area (Å²) in [5.41, 5.74) is 2.20. The van der Waals surface area contributed by atoms with Crippen LogP contribution < -0.4 is 16.1 Å². The van der Waals surface area contributed by atoms with E-state index in [4.69, 9.17) is 0 Å². The van der Waals surface area contributed by atoms with Gasteiger partial charge in [-0.2, -0.15) is 5.01 Å². The Kier molecular flexibility index (Phi) is 7.09. The smallest absolute Gasteiger partial charge is 0.324 e. The van der Waals surface area contributed by atoms with E-state index in [2.05, 4.69) is 32.0 Å². The molecule has 10 heteroatoms. The number of hydrazine groups is 1. The van der Waals surface area contributed by atoms with Crippen molar-refractivity contribution in [1.82, 2.24) is 20.7 Å². The molecule has 2 fully saturated rings. The summed E-state index contributed by atoms with van der Waals surface area (Å²) in [6, 6.07) is 6.70. The second-order valence-electron chi connectivity index (χ2n) is 7.76. The molecule has 0 atom stereocenters. The third-order valence-electron chi connectivity index (χ3n) is 5.39. The summed E-state index contributed by atoms with van der Waals surface area (Å²) in [5, 5.41) is 6.35. The van der Waals surface area contributed by atoms with Crippen LogP contribution in [0.4, 0.5) is 10.5 Å². The fraction of sp³-hybridized carbons (Fsp3) is 0.500. The highest BCUT2D eigenvalue weighted by atomic mass is 79.9. The normalized spacial score (nSPS) is 17.9. The molecule has 162 valence electrons. The van der Waals surface area contributed by atoms with E-state index in [1.165, 1.54) is 0 Å². The summed E-state index contributed by atoms with van der Waals surface area (Å²) >= 11 is 3.37. The van der Waals surface area contributed by atoms with Crippen LogP contribution in [-0.4, -0.2) is 59.3 Å². The molecular formula is C20H26BrN5O4. The monoisotopic (exact) mass is 479 g/mol. The van der Waals surface area contributed by atoms with Crippen LogP contribution in [0, 0.1) is 0 Å². The van der Waals surface area contributed by atoms with Gasteiger partial charge in [-0.15, -0.1) is 0 Å². The van der Waals surface area contributed by atoms with Crippen LogP contribution in [0.3, 0.4) is 0 Å². The third kappa shape index (κ3) is 5.17. The lowest BCUT2D eigenvalue weighted by Gasteiger charge is -2.30. The highest BCUT2D eigenvalue weighted by molar-refractivity contribution is 9.10. The maximum Gasteiger partial charge on any atom is 0.344 e. The molecule has 3 N–H and O–H groups in total. The number of carbonyl (C=O) groups is 4. The minimum atomic E-state index is -0.872. The molecule has 1 aliphatic heterocycles. The Morgan fingerprint density at radius 2 is 1.87 bits per heavy atom. The molecule has 5 amide bonds. The molecule has 30 heavy (non-hydrogen) atoms. The van der Waals surface area contributed by atoms with Crippen molar-refractivity contribution in [3.63, 3.8) is 0 Å². The molecule has 1 spiro atoms. The van der Waals surface area contributed by atoms with Crippen LogP contribution in [0.1, 0.15) is 38.5 Å². The van der Waals surface area contributed by atoms with Gasteiger partial charge in [0.2, 0.25) is 11.8 Å². The molecule has 1 aromatic rings. The van der Waals surface area contributed by atoms with Crippen molar-refractivity contribution in [3.8, 4) is 0 Å². The summed E-state index contributed by atoms with van der Waals surface area (Å²) in [4.78, 5) is 51.0. The molecule has 0 aromatic heterocycles. The first-order valence-corrected chi connectivity index (χ1v) is 10.8. The number of rotatable bonds is 7. The van der Waals surface area contributed by atoms with Crippen molar-refractivity contribution < 1.29 is 19.2 Å². The van der Waals surface area contributed by atoms with Gasteiger partial charge in [0.1, 0.15) is 5.54 Å². The van der Waals surface area contributed by atoms with E-state index in [0.717, 1.165) is 28.7 Å². The zero-order valence-electron chi connectivity index (χ0n) is 16.9. The molecule has 1 aromatic carbocycles. The number of halogens is 1. The number of carbonyl (C=O) groups excluding carboxylic acids is 4. The van der Waals surface area contributed by atoms with Crippen molar-refractivity contribution in [1.29, 1.82) is 0 Å². The molecular weight excluding hydrogens is 454 g/mol. The zero-order valence-corrected chi connectivity index (χ0v) is 18.5. The second kappa shape index (κ2) is 9.57. The molecule has 0 bridgehead atoms. The number of likely N-dealkylation sites (N-methyl/N-ethyl adjacent to an activating group) is 1. The van der Waals surface area contributed by atoms with Crippen molar-refractivity contribution >= 4 is 45.4 Å². The molecule has 3 rings (SSSR count). The van der Waals surface area contributed by atoms with Gasteiger partial charge in [-0.3, -0.25) is 24.7 Å². The van der Waals surface area contributed by atoms with Crippen LogP contribution in [0.25, 0.3) is 0 Å². The molecule has 1 saturated heterocycles. The predicted octanol–water partition coefficient (Wildman–Crippen LogP) is 2.00. The van der Waals surface area contributed by atoms with Crippen LogP contribution in [0.2, 0.25) is 0 Å². The average Bonchev–Trinajstić information content (AvgIpc) is 2.92. The molecule has 1 heterocycles. The minimum Gasteiger partial charge on any atom is -0.324 e. The van der Waals surface area contributed by atoms with Crippen molar-refractivity contribution in [2.75, 3.05) is 25.5 Å². The number of hydrogen-bond donors (Lipinski definition) is 3. The number of benzene rings is 1. The van der Waals surface area contributed by atoms with Gasteiger partial charge in [-0.25, -0.2) is 4.79 Å². The van der Waals surface area contributed by atoms with Crippen LogP contribution in [0.15, 0.2) is 28.7 Å². The van der Waals surface area contributed by atoms with Crippen molar-refractivity contribution in [2.24, 2.45) is 0 Å². The van der Waals surface area contributed by atoms with Crippen molar-refractivity contribution in [3.05, 3.63) is 28.7 Å². The summed E-state index contributed by atoms with van der Waals surface area (Å²) in [5.74, 6) is -1.05. The number of nitrogens with zero attached hydrogens (tertiary/aromatic N) is 2. The molecule has 9 nitrogen and oxygen atoms in total. The molecule has 0 radical (unpaired) electrons. The summed E-state index contributed by atoms with van der Waals surface area (Å²) in [6.45, 7) is 0.394. The Bertz CT molecular complexity index is 840. The fourth-order valence-corrected chi connectivity index (χ4v) is 4.15. The zero-order chi connectivity index (χ0) is 21.7. The van der Waals surface area contributed by atoms with E-state index in [0.29, 0.717) is 25.1 Å². The molecule has 1 saturated carbocycles. The minimum absolute atomic E-state index is 0.0445. The number of nitrogens with one attached hydrogen (secondary N) is 3. The number of anilines is 1. The van der Waals surface area contributed by atoms with Gasteiger partial charge in [0.15, 0.2) is 0 Å². The maximum atomic E-state index is 12.7. The lowest BCUT2D eigenvalue weighted by Crippen LogP contribution is -2.51. The van der Waals surface area contributed by atoms with Crippen LogP contribution in [-0.2, 0) is 14.4 Å².